The van der Waals surface area contributed by atoms with Crippen molar-refractivity contribution in [1.82, 2.24) is 4.57 Å². The molecule has 1 heteroatoms. The standard InChI is InChI=1S/C11H15N/c1-9-7-8-10(2)12(9)11-5-3-4-6-11/h3,5,7-8,11H,4,6H2,1-2H3. The van der Waals surface area contributed by atoms with E-state index in [-0.39, 0.29) is 0 Å². The molecule has 12 heavy (non-hydrogen) atoms. The van der Waals surface area contributed by atoms with E-state index in [0.717, 1.165) is 0 Å². The van der Waals surface area contributed by atoms with Crippen molar-refractivity contribution in [3.05, 3.63) is 35.7 Å². The van der Waals surface area contributed by atoms with Crippen LogP contribution in [0.15, 0.2) is 24.3 Å². The molecule has 0 N–H and O–H groups in total. The number of hydrogen-bond acceptors (Lipinski definition) is 0. The highest BCUT2D eigenvalue weighted by atomic mass is 15.0. The third-order valence-corrected chi connectivity index (χ3v) is 2.64. The zero-order chi connectivity index (χ0) is 8.55. The van der Waals surface area contributed by atoms with Gasteiger partial charge in [0.2, 0.25) is 0 Å². The van der Waals surface area contributed by atoms with Crippen LogP contribution in [0.2, 0.25) is 0 Å². The summed E-state index contributed by atoms with van der Waals surface area (Å²) in [4.78, 5) is 0. The second kappa shape index (κ2) is 2.81. The van der Waals surface area contributed by atoms with Crippen LogP contribution in [0, 0.1) is 13.8 Å². The zero-order valence-corrected chi connectivity index (χ0v) is 7.75. The molecule has 1 aliphatic carbocycles. The fraction of sp³-hybridized carbons (Fsp3) is 0.455. The molecule has 1 heterocycles. The Morgan fingerprint density at radius 3 is 2.42 bits per heavy atom. The van der Waals surface area contributed by atoms with Crippen LogP contribution in [-0.4, -0.2) is 4.57 Å². The quantitative estimate of drug-likeness (QED) is 0.558. The molecule has 1 aliphatic rings. The Labute approximate surface area is 73.7 Å². The van der Waals surface area contributed by atoms with Crippen molar-refractivity contribution in [2.24, 2.45) is 0 Å². The van der Waals surface area contributed by atoms with Crippen LogP contribution >= 0.6 is 0 Å². The zero-order valence-electron chi connectivity index (χ0n) is 7.75. The van der Waals surface area contributed by atoms with Gasteiger partial charge in [-0.15, -0.1) is 0 Å². The second-order valence-electron chi connectivity index (χ2n) is 3.56. The largest absolute Gasteiger partial charge is 0.342 e. The molecule has 0 spiro atoms. The van der Waals surface area contributed by atoms with Crippen molar-refractivity contribution in [1.29, 1.82) is 0 Å². The summed E-state index contributed by atoms with van der Waals surface area (Å²) in [6.45, 7) is 4.36. The number of nitrogens with zero attached hydrogens (tertiary/aromatic N) is 1. The molecule has 1 nitrogen and oxygen atoms in total. The van der Waals surface area contributed by atoms with Gasteiger partial charge in [0.15, 0.2) is 0 Å². The fourth-order valence-electron chi connectivity index (χ4n) is 2.03. The molecule has 0 aromatic carbocycles. The van der Waals surface area contributed by atoms with Crippen molar-refractivity contribution >= 4 is 0 Å². The summed E-state index contributed by atoms with van der Waals surface area (Å²) in [6, 6.07) is 5.02. The summed E-state index contributed by atoms with van der Waals surface area (Å²) >= 11 is 0. The molecule has 0 radical (unpaired) electrons. The topological polar surface area (TPSA) is 4.93 Å². The van der Waals surface area contributed by atoms with E-state index in [2.05, 4.69) is 42.7 Å². The number of rotatable bonds is 1. The van der Waals surface area contributed by atoms with E-state index in [9.17, 15) is 0 Å². The highest BCUT2D eigenvalue weighted by Crippen LogP contribution is 2.26. The molecule has 0 saturated carbocycles. The van der Waals surface area contributed by atoms with E-state index < -0.39 is 0 Å². The average Bonchev–Trinajstić information content (AvgIpc) is 2.61. The van der Waals surface area contributed by atoms with Gasteiger partial charge in [-0.1, -0.05) is 12.2 Å². The molecular weight excluding hydrogens is 146 g/mol. The van der Waals surface area contributed by atoms with Gasteiger partial charge in [-0.25, -0.2) is 0 Å². The molecule has 1 aromatic rings. The molecule has 0 amide bonds. The van der Waals surface area contributed by atoms with Crippen LogP contribution < -0.4 is 0 Å². The first-order valence-corrected chi connectivity index (χ1v) is 4.60. The maximum absolute atomic E-state index is 2.42. The first-order valence-electron chi connectivity index (χ1n) is 4.60. The Bertz CT molecular complexity index is 287. The maximum atomic E-state index is 2.42. The van der Waals surface area contributed by atoms with Gasteiger partial charge in [0.05, 0.1) is 6.04 Å². The number of aryl methyl sites for hydroxylation is 2. The van der Waals surface area contributed by atoms with Crippen molar-refractivity contribution in [2.75, 3.05) is 0 Å². The summed E-state index contributed by atoms with van der Waals surface area (Å²) in [5, 5.41) is 0. The predicted octanol–water partition coefficient (Wildman–Crippen LogP) is 3.00. The van der Waals surface area contributed by atoms with Crippen LogP contribution in [0.25, 0.3) is 0 Å². The third-order valence-electron chi connectivity index (χ3n) is 2.64. The lowest BCUT2D eigenvalue weighted by Gasteiger charge is -2.15. The minimum absolute atomic E-state index is 0.625. The molecule has 2 rings (SSSR count). The van der Waals surface area contributed by atoms with Crippen LogP contribution in [-0.2, 0) is 0 Å². The van der Waals surface area contributed by atoms with E-state index >= 15 is 0 Å². The molecule has 1 aromatic heterocycles. The molecule has 0 bridgehead atoms. The molecular formula is C11H15N. The molecule has 1 unspecified atom stereocenters. The van der Waals surface area contributed by atoms with Crippen LogP contribution in [0.4, 0.5) is 0 Å². The number of allylic oxidation sites excluding steroid dienone is 2. The van der Waals surface area contributed by atoms with Crippen molar-refractivity contribution in [3.8, 4) is 0 Å². The summed E-state index contributed by atoms with van der Waals surface area (Å²) in [7, 11) is 0. The summed E-state index contributed by atoms with van der Waals surface area (Å²) in [6.07, 6.45) is 7.11. The monoisotopic (exact) mass is 161 g/mol. The summed E-state index contributed by atoms with van der Waals surface area (Å²) in [5.41, 5.74) is 2.76. The Hall–Kier alpha value is -0.980. The van der Waals surface area contributed by atoms with E-state index in [1.54, 1.807) is 0 Å². The lowest BCUT2D eigenvalue weighted by Crippen LogP contribution is -2.06. The van der Waals surface area contributed by atoms with Gasteiger partial charge in [0.1, 0.15) is 0 Å². The van der Waals surface area contributed by atoms with Gasteiger partial charge < -0.3 is 4.57 Å². The Morgan fingerprint density at radius 2 is 1.92 bits per heavy atom. The predicted molar refractivity (Wildman–Crippen MR) is 51.3 cm³/mol. The third kappa shape index (κ3) is 1.09. The number of aromatic nitrogens is 1. The van der Waals surface area contributed by atoms with Gasteiger partial charge in [-0.3, -0.25) is 0 Å². The van der Waals surface area contributed by atoms with Gasteiger partial charge in [0, 0.05) is 11.4 Å². The Balaban J connectivity index is 2.37. The average molecular weight is 161 g/mol. The molecule has 0 fully saturated rings. The van der Waals surface area contributed by atoms with E-state index in [1.165, 1.54) is 24.2 Å². The first kappa shape index (κ1) is 7.66. The minimum Gasteiger partial charge on any atom is -0.342 e. The highest BCUT2D eigenvalue weighted by Gasteiger charge is 2.13. The van der Waals surface area contributed by atoms with Crippen LogP contribution in [0.1, 0.15) is 30.3 Å². The van der Waals surface area contributed by atoms with Gasteiger partial charge >= 0.3 is 0 Å². The van der Waals surface area contributed by atoms with Crippen LogP contribution in [0.5, 0.6) is 0 Å². The Morgan fingerprint density at radius 1 is 1.25 bits per heavy atom. The fourth-order valence-corrected chi connectivity index (χ4v) is 2.03. The normalized spacial score (nSPS) is 22.0. The molecule has 0 saturated heterocycles. The molecule has 1 atom stereocenters. The first-order chi connectivity index (χ1) is 5.79. The van der Waals surface area contributed by atoms with Gasteiger partial charge in [-0.05, 0) is 38.8 Å². The van der Waals surface area contributed by atoms with E-state index in [1.807, 2.05) is 0 Å². The Kier molecular flexibility index (Phi) is 1.80. The lowest BCUT2D eigenvalue weighted by atomic mass is 10.2. The number of hydrogen-bond donors (Lipinski definition) is 0. The molecule has 0 aliphatic heterocycles. The van der Waals surface area contributed by atoms with E-state index in [0.29, 0.717) is 6.04 Å². The lowest BCUT2D eigenvalue weighted by molar-refractivity contribution is 0.568. The smallest absolute Gasteiger partial charge is 0.0518 e. The second-order valence-corrected chi connectivity index (χ2v) is 3.56. The summed E-state index contributed by atoms with van der Waals surface area (Å²) < 4.78 is 2.42. The van der Waals surface area contributed by atoms with E-state index in [4.69, 9.17) is 0 Å². The van der Waals surface area contributed by atoms with Crippen molar-refractivity contribution in [3.63, 3.8) is 0 Å². The van der Waals surface area contributed by atoms with Crippen molar-refractivity contribution in [2.45, 2.75) is 32.7 Å². The highest BCUT2D eigenvalue weighted by molar-refractivity contribution is 5.18. The van der Waals surface area contributed by atoms with Gasteiger partial charge in [0.25, 0.3) is 0 Å². The molecule has 64 valence electrons. The minimum atomic E-state index is 0.625. The SMILES string of the molecule is Cc1ccc(C)n1C1C=CCC1. The van der Waals surface area contributed by atoms with Gasteiger partial charge in [-0.2, -0.15) is 0 Å². The maximum Gasteiger partial charge on any atom is 0.0518 e. The van der Waals surface area contributed by atoms with Crippen LogP contribution in [0.3, 0.4) is 0 Å². The summed E-state index contributed by atoms with van der Waals surface area (Å²) in [5.74, 6) is 0. The van der Waals surface area contributed by atoms with Crippen molar-refractivity contribution < 1.29 is 0 Å².